The topological polar surface area (TPSA) is 568 Å². The first-order valence-electron chi connectivity index (χ1n) is 30.9. The predicted octanol–water partition coefficient (Wildman–Crippen LogP) is -4.32. The van der Waals surface area contributed by atoms with Crippen molar-refractivity contribution >= 4 is 95.3 Å². The number of aliphatic carboxylic acids is 8. The van der Waals surface area contributed by atoms with Crippen LogP contribution in [-0.2, 0) is 67.1 Å². The van der Waals surface area contributed by atoms with E-state index in [1.807, 2.05) is 10.6 Å². The summed E-state index contributed by atoms with van der Waals surface area (Å²) in [6.07, 6.45) is 1.08. The maximum atomic E-state index is 13.2. The van der Waals surface area contributed by atoms with Crippen LogP contribution in [-0.4, -0.2) is 298 Å². The van der Waals surface area contributed by atoms with Gasteiger partial charge < -0.3 is 94.0 Å². The van der Waals surface area contributed by atoms with Crippen LogP contribution in [0.25, 0.3) is 0 Å². The molecule has 0 aliphatic carbocycles. The second-order valence-corrected chi connectivity index (χ2v) is 22.1. The fourth-order valence-electron chi connectivity index (χ4n) is 9.06. The van der Waals surface area contributed by atoms with Crippen LogP contribution in [0, 0.1) is 0 Å². The van der Waals surface area contributed by atoms with Gasteiger partial charge in [-0.25, -0.2) is 28.8 Å². The molecule has 0 aromatic carbocycles. The van der Waals surface area contributed by atoms with Gasteiger partial charge in [-0.1, -0.05) is 0 Å². The molecule has 38 nitrogen and oxygen atoms in total. The average Bonchev–Trinajstić information content (AvgIpc) is 1.92. The van der Waals surface area contributed by atoms with E-state index in [-0.39, 0.29) is 193 Å². The molecule has 4 unspecified atom stereocenters. The van der Waals surface area contributed by atoms with Crippen LogP contribution >= 0.6 is 0 Å². The Labute approximate surface area is 541 Å². The average molecular weight is 1350 g/mol. The number of nitrogens with one attached hydrogen (secondary N) is 10. The Morgan fingerprint density at radius 3 is 0.766 bits per heavy atom. The SMILES string of the molecule is O=C(O)CCC(NC(=O)NC(CCCCNC(=O)CCCCNC(=O)CCNC(=O)CN1CCN(CC(=O)O)CCN(CC(=O)O)CCN(CC(=O)NCCC(=O)NCCCCC(=O)NCCCCC(NC(=O)NC(CCC(=O)O)C(=O)O)C(=O)O)CC1)C(=O)O)C(=O)O. The van der Waals surface area contributed by atoms with Crippen molar-refractivity contribution in [1.82, 2.24) is 72.8 Å². The van der Waals surface area contributed by atoms with Gasteiger partial charge in [0.1, 0.15) is 24.2 Å². The maximum Gasteiger partial charge on any atom is 0.326 e. The van der Waals surface area contributed by atoms with Crippen molar-refractivity contribution in [1.29, 1.82) is 0 Å². The third-order valence-electron chi connectivity index (χ3n) is 14.2. The molecule has 0 bridgehead atoms. The van der Waals surface area contributed by atoms with Crippen molar-refractivity contribution in [3.05, 3.63) is 0 Å². The summed E-state index contributed by atoms with van der Waals surface area (Å²) < 4.78 is 0. The molecule has 532 valence electrons. The van der Waals surface area contributed by atoms with E-state index >= 15 is 0 Å². The van der Waals surface area contributed by atoms with Crippen molar-refractivity contribution in [2.75, 3.05) is 118 Å². The maximum absolute atomic E-state index is 13.2. The van der Waals surface area contributed by atoms with E-state index in [0.717, 1.165) is 0 Å². The largest absolute Gasteiger partial charge is 0.481 e. The summed E-state index contributed by atoms with van der Waals surface area (Å²) in [5.41, 5.74) is 0. The van der Waals surface area contributed by atoms with E-state index in [9.17, 15) is 107 Å². The molecule has 0 radical (unpaired) electrons. The number of unbranched alkanes of at least 4 members (excludes halogenated alkanes) is 4. The monoisotopic (exact) mass is 1350 g/mol. The van der Waals surface area contributed by atoms with Crippen LogP contribution in [0.15, 0.2) is 0 Å². The van der Waals surface area contributed by atoms with Gasteiger partial charge in [-0.3, -0.25) is 67.5 Å². The van der Waals surface area contributed by atoms with E-state index in [4.69, 9.17) is 10.2 Å². The van der Waals surface area contributed by atoms with Crippen LogP contribution < -0.4 is 53.2 Å². The van der Waals surface area contributed by atoms with E-state index < -0.39 is 121 Å². The molecule has 1 aliphatic heterocycles. The third kappa shape index (κ3) is 43.7. The predicted molar refractivity (Wildman–Crippen MR) is 326 cm³/mol. The smallest absolute Gasteiger partial charge is 0.326 e. The third-order valence-corrected chi connectivity index (χ3v) is 14.2. The zero-order valence-electron chi connectivity index (χ0n) is 52.7. The van der Waals surface area contributed by atoms with Crippen molar-refractivity contribution in [2.24, 2.45) is 0 Å². The lowest BCUT2D eigenvalue weighted by molar-refractivity contribution is -0.142. The zero-order valence-corrected chi connectivity index (χ0v) is 52.7. The minimum Gasteiger partial charge on any atom is -0.481 e. The van der Waals surface area contributed by atoms with E-state index in [0.29, 0.717) is 38.5 Å². The van der Waals surface area contributed by atoms with E-state index in [1.54, 1.807) is 19.6 Å². The summed E-state index contributed by atoms with van der Waals surface area (Å²) in [4.78, 5) is 198. The fourth-order valence-corrected chi connectivity index (χ4v) is 9.06. The van der Waals surface area contributed by atoms with Gasteiger partial charge in [0.05, 0.1) is 26.2 Å². The summed E-state index contributed by atoms with van der Waals surface area (Å²) in [7, 11) is 0. The molecule has 0 aromatic rings. The molecule has 94 heavy (non-hydrogen) atoms. The number of nitrogens with zero attached hydrogens (tertiary/aromatic N) is 4. The van der Waals surface area contributed by atoms with Crippen molar-refractivity contribution in [2.45, 2.75) is 140 Å². The van der Waals surface area contributed by atoms with Crippen LogP contribution in [0.2, 0.25) is 0 Å². The summed E-state index contributed by atoms with van der Waals surface area (Å²) in [5, 5.41) is 98.8. The van der Waals surface area contributed by atoms with Gasteiger partial charge in [-0.2, -0.15) is 0 Å². The molecule has 1 fully saturated rings. The Balaban J connectivity index is 2.55. The molecule has 1 rings (SSSR count). The van der Waals surface area contributed by atoms with Crippen LogP contribution in [0.4, 0.5) is 9.59 Å². The summed E-state index contributed by atoms with van der Waals surface area (Å²) in [6, 6.07) is -8.04. The standard InChI is InChI=1S/C56H94N14O24/c71-41(57-19-5-1-9-37(51(85)86)63-55(93)65-39(53(89)90)13-15-47(77)78)11-3-7-21-59-43(73)17-23-61-45(75)33-67-25-26-68(28-30-70(36-50(83)84)32-31-69(29-27-67)35-49(81)82)34-46(76)62-24-18-44(74)60-22-8-4-12-42(72)58-20-6-2-10-38(52(87)88)64-56(94)66-40(54(91)92)14-16-48(79)80/h37-40H,1-36H2,(H,57,71)(H,58,72)(H,59,73)(H,60,74)(H,61,75)(H,62,76)(H,77,78)(H,79,80)(H,81,82)(H,83,84)(H,85,86)(H,87,88)(H,89,90)(H,91,92)(H2,63,65,93)(H2,64,66,94). The van der Waals surface area contributed by atoms with Gasteiger partial charge >= 0.3 is 59.8 Å². The van der Waals surface area contributed by atoms with E-state index in [2.05, 4.69) is 42.5 Å². The second-order valence-electron chi connectivity index (χ2n) is 22.1. The highest BCUT2D eigenvalue weighted by molar-refractivity contribution is 5.88. The van der Waals surface area contributed by atoms with Crippen molar-refractivity contribution < 1.29 is 118 Å². The number of hydrogen-bond acceptors (Lipinski definition) is 20. The highest BCUT2D eigenvalue weighted by Crippen LogP contribution is 2.07. The first-order chi connectivity index (χ1) is 44.5. The van der Waals surface area contributed by atoms with Gasteiger partial charge in [-0.05, 0) is 77.0 Å². The second kappa shape index (κ2) is 48.7. The van der Waals surface area contributed by atoms with Gasteiger partial charge in [0.25, 0.3) is 0 Å². The number of hydrogen-bond donors (Lipinski definition) is 18. The Morgan fingerprint density at radius 2 is 0.500 bits per heavy atom. The van der Waals surface area contributed by atoms with Crippen LogP contribution in [0.3, 0.4) is 0 Å². The minimum atomic E-state index is -1.55. The normalized spacial score (nSPS) is 14.6. The summed E-state index contributed by atoms with van der Waals surface area (Å²) in [6.45, 7) is 1.41. The van der Waals surface area contributed by atoms with Crippen LogP contribution in [0.1, 0.15) is 116 Å². The van der Waals surface area contributed by atoms with Crippen molar-refractivity contribution in [3.63, 3.8) is 0 Å². The zero-order chi connectivity index (χ0) is 70.4. The minimum absolute atomic E-state index is 0.0220. The molecule has 1 saturated heterocycles. The highest BCUT2D eigenvalue weighted by atomic mass is 16.4. The molecule has 0 aromatic heterocycles. The van der Waals surface area contributed by atoms with E-state index in [1.165, 1.54) is 0 Å². The molecule has 1 aliphatic rings. The first-order valence-corrected chi connectivity index (χ1v) is 30.9. The molecule has 4 atom stereocenters. The Hall–Kier alpha value is -9.04. The Morgan fingerprint density at radius 1 is 0.255 bits per heavy atom. The highest BCUT2D eigenvalue weighted by Gasteiger charge is 2.28. The number of carbonyl (C=O) groups is 16. The lowest BCUT2D eigenvalue weighted by atomic mass is 10.1. The van der Waals surface area contributed by atoms with Gasteiger partial charge in [0.15, 0.2) is 0 Å². The Kier molecular flexibility index (Phi) is 43.0. The molecular weight excluding hydrogens is 1250 g/mol. The molecule has 18 N–H and O–H groups in total. The molecular formula is C56H94N14O24. The summed E-state index contributed by atoms with van der Waals surface area (Å²) >= 11 is 0. The van der Waals surface area contributed by atoms with Gasteiger partial charge in [0, 0.05) is 130 Å². The Bertz CT molecular complexity index is 2350. The number of urea groups is 2. The van der Waals surface area contributed by atoms with Crippen LogP contribution in [0.5, 0.6) is 0 Å². The summed E-state index contributed by atoms with van der Waals surface area (Å²) in [5.74, 6) is -12.7. The molecule has 1 heterocycles. The fraction of sp³-hybridized carbons (Fsp3) is 0.714. The first kappa shape index (κ1) is 83.0. The molecule has 0 saturated carbocycles. The lowest BCUT2D eigenvalue weighted by Gasteiger charge is -2.33. The number of carbonyl (C=O) groups excluding carboxylic acids is 8. The number of carboxylic acid groups (broad SMARTS) is 8. The van der Waals surface area contributed by atoms with Gasteiger partial charge in [0.2, 0.25) is 35.4 Å². The van der Waals surface area contributed by atoms with Gasteiger partial charge in [-0.15, -0.1) is 0 Å². The number of rotatable bonds is 48. The number of carboxylic acids is 8. The lowest BCUT2D eigenvalue weighted by Crippen LogP contribution is -2.51. The molecule has 0 spiro atoms. The molecule has 10 amide bonds. The van der Waals surface area contributed by atoms with Crippen molar-refractivity contribution in [3.8, 4) is 0 Å². The quantitative estimate of drug-likeness (QED) is 0.0256. The number of amides is 10. The molecule has 38 heteroatoms.